The van der Waals surface area contributed by atoms with Crippen molar-refractivity contribution in [3.8, 4) is 0 Å². The van der Waals surface area contributed by atoms with Crippen molar-refractivity contribution in [2.75, 3.05) is 6.54 Å². The number of hydrogen-bond donors (Lipinski definition) is 2. The zero-order valence-electron chi connectivity index (χ0n) is 9.40. The largest absolute Gasteiger partial charge is 0.390 e. The highest BCUT2D eigenvalue weighted by atomic mass is 16.3. The summed E-state index contributed by atoms with van der Waals surface area (Å²) in [5.74, 6) is 0. The van der Waals surface area contributed by atoms with Crippen LogP contribution in [0, 0.1) is 13.8 Å². The standard InChI is InChI=1S/C11H19N3O/c1-8-5-9(2)14(13-8)7-11(15)6-12-10-3-4-10/h5,10-12,15H,3-4,6-7H2,1-2H3. The van der Waals surface area contributed by atoms with Gasteiger partial charge in [0.15, 0.2) is 0 Å². The molecule has 84 valence electrons. The van der Waals surface area contributed by atoms with E-state index in [1.807, 2.05) is 24.6 Å². The molecule has 0 aromatic carbocycles. The van der Waals surface area contributed by atoms with Crippen LogP contribution < -0.4 is 5.32 Å². The van der Waals surface area contributed by atoms with Crippen molar-refractivity contribution in [2.24, 2.45) is 0 Å². The average Bonchev–Trinajstić information content (AvgIpc) is 2.92. The molecule has 15 heavy (non-hydrogen) atoms. The fourth-order valence-electron chi connectivity index (χ4n) is 1.71. The zero-order valence-corrected chi connectivity index (χ0v) is 9.40. The molecule has 2 N–H and O–H groups in total. The van der Waals surface area contributed by atoms with Gasteiger partial charge in [-0.3, -0.25) is 4.68 Å². The Morgan fingerprint density at radius 1 is 1.60 bits per heavy atom. The second-order valence-electron chi connectivity index (χ2n) is 4.45. The zero-order chi connectivity index (χ0) is 10.8. The Labute approximate surface area is 90.3 Å². The smallest absolute Gasteiger partial charge is 0.0860 e. The number of aryl methyl sites for hydroxylation is 2. The van der Waals surface area contributed by atoms with Crippen LogP contribution in [0.5, 0.6) is 0 Å². The molecule has 4 heteroatoms. The van der Waals surface area contributed by atoms with E-state index in [-0.39, 0.29) is 6.10 Å². The number of rotatable bonds is 5. The summed E-state index contributed by atoms with van der Waals surface area (Å²) in [7, 11) is 0. The van der Waals surface area contributed by atoms with Gasteiger partial charge in [-0.15, -0.1) is 0 Å². The molecule has 2 rings (SSSR count). The first-order valence-corrected chi connectivity index (χ1v) is 5.57. The minimum Gasteiger partial charge on any atom is -0.390 e. The van der Waals surface area contributed by atoms with E-state index in [9.17, 15) is 5.11 Å². The fourth-order valence-corrected chi connectivity index (χ4v) is 1.71. The molecule has 0 spiro atoms. The Balaban J connectivity index is 1.81. The van der Waals surface area contributed by atoms with E-state index >= 15 is 0 Å². The molecule has 0 saturated heterocycles. The van der Waals surface area contributed by atoms with Crippen molar-refractivity contribution in [3.63, 3.8) is 0 Å². The molecule has 1 saturated carbocycles. The van der Waals surface area contributed by atoms with Crippen molar-refractivity contribution in [1.82, 2.24) is 15.1 Å². The lowest BCUT2D eigenvalue weighted by Gasteiger charge is -2.12. The molecule has 1 aromatic heterocycles. The van der Waals surface area contributed by atoms with Gasteiger partial charge < -0.3 is 10.4 Å². The van der Waals surface area contributed by atoms with Crippen LogP contribution in [-0.4, -0.2) is 33.6 Å². The first-order valence-electron chi connectivity index (χ1n) is 5.57. The van der Waals surface area contributed by atoms with Gasteiger partial charge in [0.05, 0.1) is 18.3 Å². The Hall–Kier alpha value is -0.870. The van der Waals surface area contributed by atoms with Crippen LogP contribution in [0.25, 0.3) is 0 Å². The molecule has 1 heterocycles. The Morgan fingerprint density at radius 2 is 2.33 bits per heavy atom. The van der Waals surface area contributed by atoms with Crippen LogP contribution in [0.3, 0.4) is 0 Å². The first-order chi connectivity index (χ1) is 7.15. The van der Waals surface area contributed by atoms with Crippen LogP contribution in [0.2, 0.25) is 0 Å². The molecule has 0 bridgehead atoms. The third-order valence-electron chi connectivity index (χ3n) is 2.71. The topological polar surface area (TPSA) is 50.1 Å². The molecule has 0 amide bonds. The normalized spacial score (nSPS) is 18.1. The highest BCUT2D eigenvalue weighted by Gasteiger charge is 2.21. The van der Waals surface area contributed by atoms with Gasteiger partial charge in [0.25, 0.3) is 0 Å². The number of aliphatic hydroxyl groups is 1. The van der Waals surface area contributed by atoms with E-state index in [1.165, 1.54) is 12.8 Å². The SMILES string of the molecule is Cc1cc(C)n(CC(O)CNC2CC2)n1. The molecule has 1 aromatic rings. The second-order valence-corrected chi connectivity index (χ2v) is 4.45. The Morgan fingerprint density at radius 3 is 2.87 bits per heavy atom. The molecule has 1 atom stereocenters. The van der Waals surface area contributed by atoms with Gasteiger partial charge in [-0.2, -0.15) is 5.10 Å². The predicted octanol–water partition coefficient (Wildman–Crippen LogP) is 0.613. The highest BCUT2D eigenvalue weighted by Crippen LogP contribution is 2.18. The van der Waals surface area contributed by atoms with Gasteiger partial charge in [-0.1, -0.05) is 0 Å². The number of nitrogens with zero attached hydrogens (tertiary/aromatic N) is 2. The minimum atomic E-state index is -0.344. The molecule has 0 radical (unpaired) electrons. The van der Waals surface area contributed by atoms with Crippen LogP contribution in [-0.2, 0) is 6.54 Å². The molecular weight excluding hydrogens is 190 g/mol. The van der Waals surface area contributed by atoms with Gasteiger partial charge >= 0.3 is 0 Å². The maximum Gasteiger partial charge on any atom is 0.0860 e. The molecule has 1 fully saturated rings. The van der Waals surface area contributed by atoms with Crippen molar-refractivity contribution in [2.45, 2.75) is 45.4 Å². The summed E-state index contributed by atoms with van der Waals surface area (Å²) in [4.78, 5) is 0. The van der Waals surface area contributed by atoms with Crippen molar-refractivity contribution in [1.29, 1.82) is 0 Å². The summed E-state index contributed by atoms with van der Waals surface area (Å²) in [5, 5.41) is 17.4. The van der Waals surface area contributed by atoms with Gasteiger partial charge in [0.2, 0.25) is 0 Å². The minimum absolute atomic E-state index is 0.344. The van der Waals surface area contributed by atoms with Crippen molar-refractivity contribution < 1.29 is 5.11 Å². The molecular formula is C11H19N3O. The van der Waals surface area contributed by atoms with Crippen LogP contribution in [0.4, 0.5) is 0 Å². The third kappa shape index (κ3) is 3.04. The van der Waals surface area contributed by atoms with Gasteiger partial charge in [0, 0.05) is 18.3 Å². The van der Waals surface area contributed by atoms with Crippen molar-refractivity contribution >= 4 is 0 Å². The van der Waals surface area contributed by atoms with E-state index in [2.05, 4.69) is 10.4 Å². The van der Waals surface area contributed by atoms with E-state index in [0.29, 0.717) is 19.1 Å². The Bertz CT molecular complexity index is 331. The maximum absolute atomic E-state index is 9.79. The van der Waals surface area contributed by atoms with Gasteiger partial charge in [0.1, 0.15) is 0 Å². The lowest BCUT2D eigenvalue weighted by Crippen LogP contribution is -2.32. The third-order valence-corrected chi connectivity index (χ3v) is 2.71. The van der Waals surface area contributed by atoms with E-state index < -0.39 is 0 Å². The molecule has 1 aliphatic rings. The summed E-state index contributed by atoms with van der Waals surface area (Å²) in [6, 6.07) is 2.68. The monoisotopic (exact) mass is 209 g/mol. The van der Waals surface area contributed by atoms with Crippen LogP contribution in [0.1, 0.15) is 24.2 Å². The fraction of sp³-hybridized carbons (Fsp3) is 0.727. The maximum atomic E-state index is 9.79. The predicted molar refractivity (Wildman–Crippen MR) is 58.7 cm³/mol. The van der Waals surface area contributed by atoms with Gasteiger partial charge in [-0.25, -0.2) is 0 Å². The number of aliphatic hydroxyl groups excluding tert-OH is 1. The number of aromatic nitrogens is 2. The van der Waals surface area contributed by atoms with E-state index in [0.717, 1.165) is 11.4 Å². The quantitative estimate of drug-likeness (QED) is 0.747. The Kier molecular flexibility index (Phi) is 3.07. The molecule has 1 aliphatic carbocycles. The van der Waals surface area contributed by atoms with Crippen molar-refractivity contribution in [3.05, 3.63) is 17.5 Å². The van der Waals surface area contributed by atoms with Crippen LogP contribution >= 0.6 is 0 Å². The lowest BCUT2D eigenvalue weighted by atomic mass is 10.3. The van der Waals surface area contributed by atoms with E-state index in [4.69, 9.17) is 0 Å². The molecule has 0 aliphatic heterocycles. The number of hydrogen-bond acceptors (Lipinski definition) is 3. The van der Waals surface area contributed by atoms with Gasteiger partial charge in [-0.05, 0) is 32.8 Å². The lowest BCUT2D eigenvalue weighted by molar-refractivity contribution is 0.145. The summed E-state index contributed by atoms with van der Waals surface area (Å²) in [5.41, 5.74) is 2.12. The summed E-state index contributed by atoms with van der Waals surface area (Å²) in [6.07, 6.45) is 2.17. The molecule has 1 unspecified atom stereocenters. The highest BCUT2D eigenvalue weighted by molar-refractivity contribution is 5.06. The first kappa shape index (κ1) is 10.6. The summed E-state index contributed by atoms with van der Waals surface area (Å²) >= 11 is 0. The van der Waals surface area contributed by atoms with Crippen LogP contribution in [0.15, 0.2) is 6.07 Å². The summed E-state index contributed by atoms with van der Waals surface area (Å²) < 4.78 is 1.87. The number of nitrogens with one attached hydrogen (secondary N) is 1. The second kappa shape index (κ2) is 4.33. The molecule has 4 nitrogen and oxygen atoms in total. The summed E-state index contributed by atoms with van der Waals surface area (Å²) in [6.45, 7) is 5.24. The van der Waals surface area contributed by atoms with E-state index in [1.54, 1.807) is 0 Å². The average molecular weight is 209 g/mol.